The van der Waals surface area contributed by atoms with E-state index >= 15 is 0 Å². The molecule has 7 heteroatoms. The monoisotopic (exact) mass is 418 g/mol. The van der Waals surface area contributed by atoms with Gasteiger partial charge in [-0.15, -0.1) is 11.3 Å². The van der Waals surface area contributed by atoms with Crippen LogP contribution in [0.15, 0.2) is 71.1 Å². The van der Waals surface area contributed by atoms with Gasteiger partial charge in [-0.05, 0) is 47.0 Å². The second-order valence-corrected chi connectivity index (χ2v) is 7.37. The summed E-state index contributed by atoms with van der Waals surface area (Å²) in [6.45, 7) is 2.95. The van der Waals surface area contributed by atoms with Crippen molar-refractivity contribution in [2.24, 2.45) is 5.10 Å². The number of nitrogen functional groups attached to an aromatic ring is 1. The molecule has 0 bridgehead atoms. The van der Waals surface area contributed by atoms with E-state index in [1.54, 1.807) is 11.6 Å². The van der Waals surface area contributed by atoms with Gasteiger partial charge >= 0.3 is 0 Å². The average Bonchev–Trinajstić information content (AvgIpc) is 3.18. The first kappa shape index (κ1) is 19.7. The zero-order valence-electron chi connectivity index (χ0n) is 16.5. The molecular weight excluding hydrogens is 396 g/mol. The quantitative estimate of drug-likeness (QED) is 0.300. The van der Waals surface area contributed by atoms with Crippen molar-refractivity contribution >= 4 is 39.3 Å². The summed E-state index contributed by atoms with van der Waals surface area (Å²) >= 11 is 1.40. The number of hydrogen-bond acceptors (Lipinski definition) is 7. The topological polar surface area (TPSA) is 81.8 Å². The van der Waals surface area contributed by atoms with E-state index in [2.05, 4.69) is 39.8 Å². The van der Waals surface area contributed by atoms with Crippen LogP contribution in [0, 0.1) is 0 Å². The third-order valence-electron chi connectivity index (χ3n) is 4.43. The molecule has 3 aromatic carbocycles. The SMILES string of the molecule is CCOc1cc(C=NNc2nc(N)cs2)ccc1OCc1cccc2ccccc12. The van der Waals surface area contributed by atoms with E-state index in [9.17, 15) is 0 Å². The standard InChI is InChI=1S/C23H22N4O2S/c1-2-28-21-12-16(13-25-27-23-26-22(24)15-30-23)10-11-20(21)29-14-18-8-5-7-17-6-3-4-9-19(17)18/h3-13,15H,2,14,24H2,1H3,(H,26,27). The van der Waals surface area contributed by atoms with Crippen molar-refractivity contribution in [3.8, 4) is 11.5 Å². The fourth-order valence-corrected chi connectivity index (χ4v) is 3.61. The van der Waals surface area contributed by atoms with E-state index < -0.39 is 0 Å². The summed E-state index contributed by atoms with van der Waals surface area (Å²) in [6.07, 6.45) is 1.70. The summed E-state index contributed by atoms with van der Waals surface area (Å²) in [5.41, 5.74) is 10.5. The van der Waals surface area contributed by atoms with Crippen LogP contribution in [0.3, 0.4) is 0 Å². The highest BCUT2D eigenvalue weighted by atomic mass is 32.1. The van der Waals surface area contributed by atoms with E-state index in [0.717, 1.165) is 11.1 Å². The number of nitrogens with two attached hydrogens (primary N) is 1. The molecule has 0 unspecified atom stereocenters. The van der Waals surface area contributed by atoms with E-state index in [0.29, 0.717) is 35.7 Å². The average molecular weight is 419 g/mol. The number of benzene rings is 3. The number of hydrazone groups is 1. The lowest BCUT2D eigenvalue weighted by atomic mass is 10.1. The maximum atomic E-state index is 6.11. The fraction of sp³-hybridized carbons (Fsp3) is 0.130. The van der Waals surface area contributed by atoms with Crippen LogP contribution in [0.5, 0.6) is 11.5 Å². The van der Waals surface area contributed by atoms with Crippen LogP contribution in [-0.4, -0.2) is 17.8 Å². The van der Waals surface area contributed by atoms with E-state index in [1.807, 2.05) is 43.3 Å². The zero-order valence-corrected chi connectivity index (χ0v) is 17.4. The van der Waals surface area contributed by atoms with Gasteiger partial charge in [0.2, 0.25) is 5.13 Å². The highest BCUT2D eigenvalue weighted by molar-refractivity contribution is 7.14. The molecule has 0 atom stereocenters. The highest BCUT2D eigenvalue weighted by Gasteiger charge is 2.08. The molecule has 6 nitrogen and oxygen atoms in total. The third-order valence-corrected chi connectivity index (χ3v) is 5.19. The molecule has 1 heterocycles. The van der Waals surface area contributed by atoms with Crippen LogP contribution >= 0.6 is 11.3 Å². The van der Waals surface area contributed by atoms with E-state index in [4.69, 9.17) is 15.2 Å². The van der Waals surface area contributed by atoms with Gasteiger partial charge in [-0.2, -0.15) is 5.10 Å². The molecule has 0 saturated carbocycles. The number of nitrogens with zero attached hydrogens (tertiary/aromatic N) is 2. The summed E-state index contributed by atoms with van der Waals surface area (Å²) in [4.78, 5) is 4.10. The van der Waals surface area contributed by atoms with Crippen LogP contribution in [0.4, 0.5) is 10.9 Å². The Morgan fingerprint density at radius 3 is 2.77 bits per heavy atom. The Morgan fingerprint density at radius 2 is 1.93 bits per heavy atom. The Balaban J connectivity index is 1.48. The molecule has 0 aliphatic rings. The van der Waals surface area contributed by atoms with Crippen molar-refractivity contribution in [3.63, 3.8) is 0 Å². The number of nitrogens with one attached hydrogen (secondary N) is 1. The molecule has 4 aromatic rings. The van der Waals surface area contributed by atoms with Crippen LogP contribution in [0.1, 0.15) is 18.1 Å². The number of anilines is 2. The number of fused-ring (bicyclic) bond motifs is 1. The first-order chi connectivity index (χ1) is 14.7. The van der Waals surface area contributed by atoms with Gasteiger partial charge in [-0.25, -0.2) is 4.98 Å². The Morgan fingerprint density at radius 1 is 1.07 bits per heavy atom. The normalized spacial score (nSPS) is 11.1. The Labute approximate surface area is 179 Å². The molecule has 1 aromatic heterocycles. The van der Waals surface area contributed by atoms with Crippen LogP contribution in [0.2, 0.25) is 0 Å². The van der Waals surface area contributed by atoms with Gasteiger partial charge in [0.15, 0.2) is 11.5 Å². The number of ether oxygens (including phenoxy) is 2. The molecule has 0 aliphatic heterocycles. The summed E-state index contributed by atoms with van der Waals surface area (Å²) in [5.74, 6) is 1.85. The first-order valence-electron chi connectivity index (χ1n) is 9.59. The minimum Gasteiger partial charge on any atom is -0.490 e. The van der Waals surface area contributed by atoms with Gasteiger partial charge in [0.1, 0.15) is 12.4 Å². The molecule has 0 fully saturated rings. The Hall–Kier alpha value is -3.58. The van der Waals surface area contributed by atoms with Crippen LogP contribution < -0.4 is 20.6 Å². The first-order valence-corrected chi connectivity index (χ1v) is 10.5. The van der Waals surface area contributed by atoms with Gasteiger partial charge in [0.25, 0.3) is 0 Å². The van der Waals surface area contributed by atoms with Crippen molar-refractivity contribution < 1.29 is 9.47 Å². The highest BCUT2D eigenvalue weighted by Crippen LogP contribution is 2.30. The smallest absolute Gasteiger partial charge is 0.205 e. The van der Waals surface area contributed by atoms with Crippen LogP contribution in [-0.2, 0) is 6.61 Å². The van der Waals surface area contributed by atoms with E-state index in [1.165, 1.54) is 22.1 Å². The van der Waals surface area contributed by atoms with Crippen molar-refractivity contribution in [2.75, 3.05) is 17.8 Å². The van der Waals surface area contributed by atoms with Gasteiger partial charge in [-0.1, -0.05) is 42.5 Å². The number of thiazole rings is 1. The number of hydrogen-bond donors (Lipinski definition) is 2. The summed E-state index contributed by atoms with van der Waals surface area (Å²) in [5, 5.41) is 8.99. The van der Waals surface area contributed by atoms with Gasteiger partial charge in [0.05, 0.1) is 12.8 Å². The molecular formula is C23H22N4O2S. The predicted molar refractivity (Wildman–Crippen MR) is 124 cm³/mol. The van der Waals surface area contributed by atoms with Gasteiger partial charge in [-0.3, -0.25) is 5.43 Å². The minimum atomic E-state index is 0.460. The lowest BCUT2D eigenvalue weighted by Gasteiger charge is -2.13. The largest absolute Gasteiger partial charge is 0.490 e. The van der Waals surface area contributed by atoms with Crippen LogP contribution in [0.25, 0.3) is 10.8 Å². The second kappa shape index (κ2) is 9.28. The lowest BCUT2D eigenvalue weighted by Crippen LogP contribution is -2.01. The zero-order chi connectivity index (χ0) is 20.8. The maximum absolute atomic E-state index is 6.11. The van der Waals surface area contributed by atoms with Crippen molar-refractivity contribution in [2.45, 2.75) is 13.5 Å². The van der Waals surface area contributed by atoms with Crippen molar-refractivity contribution in [1.82, 2.24) is 4.98 Å². The Bertz CT molecular complexity index is 1170. The number of aromatic nitrogens is 1. The third kappa shape index (κ3) is 4.69. The maximum Gasteiger partial charge on any atom is 0.205 e. The molecule has 3 N–H and O–H groups in total. The summed E-state index contributed by atoms with van der Waals surface area (Å²) in [7, 11) is 0. The predicted octanol–water partition coefficient (Wildman–Crippen LogP) is 5.30. The number of rotatable bonds is 8. The summed E-state index contributed by atoms with van der Waals surface area (Å²) in [6, 6.07) is 20.3. The molecule has 0 spiro atoms. The Kier molecular flexibility index (Phi) is 6.10. The molecule has 0 saturated heterocycles. The van der Waals surface area contributed by atoms with Crippen molar-refractivity contribution in [1.29, 1.82) is 0 Å². The molecule has 0 radical (unpaired) electrons. The molecule has 4 rings (SSSR count). The van der Waals surface area contributed by atoms with Gasteiger partial charge in [0, 0.05) is 5.38 Å². The lowest BCUT2D eigenvalue weighted by molar-refractivity contribution is 0.270. The molecule has 0 aliphatic carbocycles. The van der Waals surface area contributed by atoms with E-state index in [-0.39, 0.29) is 0 Å². The minimum absolute atomic E-state index is 0.460. The molecule has 0 amide bonds. The second-order valence-electron chi connectivity index (χ2n) is 6.51. The van der Waals surface area contributed by atoms with Gasteiger partial charge < -0.3 is 15.2 Å². The van der Waals surface area contributed by atoms with Crippen molar-refractivity contribution in [3.05, 3.63) is 77.2 Å². The fourth-order valence-electron chi connectivity index (χ4n) is 3.07. The molecule has 152 valence electrons. The summed E-state index contributed by atoms with van der Waals surface area (Å²) < 4.78 is 11.9. The molecule has 30 heavy (non-hydrogen) atoms.